The molecule has 2 aromatic rings. The summed E-state index contributed by atoms with van der Waals surface area (Å²) in [5, 5.41) is 11.2. The number of carbonyl (C=O) groups is 2. The molecule has 1 aliphatic rings. The van der Waals surface area contributed by atoms with Crippen LogP contribution in [-0.2, 0) is 9.53 Å². The summed E-state index contributed by atoms with van der Waals surface area (Å²) >= 11 is 0. The van der Waals surface area contributed by atoms with Crippen molar-refractivity contribution in [1.82, 2.24) is 25.3 Å². The van der Waals surface area contributed by atoms with Gasteiger partial charge in [0.05, 0.1) is 43.3 Å². The Morgan fingerprint density at radius 3 is 2.03 bits per heavy atom. The molecule has 30 heavy (non-hydrogen) atoms. The van der Waals surface area contributed by atoms with Crippen molar-refractivity contribution < 1.29 is 19.4 Å². The molecule has 0 atom stereocenters. The number of amides is 1. The molecule has 2 aromatic heterocycles. The summed E-state index contributed by atoms with van der Waals surface area (Å²) in [5.74, 6) is -0.0323. The first kappa shape index (κ1) is 21.2. The van der Waals surface area contributed by atoms with Gasteiger partial charge in [-0.1, -0.05) is 0 Å². The third-order valence-electron chi connectivity index (χ3n) is 4.40. The van der Waals surface area contributed by atoms with E-state index < -0.39 is 5.97 Å². The Balaban J connectivity index is 1.42. The first-order valence-electron chi connectivity index (χ1n) is 9.50. The molecule has 12 nitrogen and oxygen atoms in total. The van der Waals surface area contributed by atoms with Crippen LogP contribution >= 0.6 is 0 Å². The lowest BCUT2D eigenvalue weighted by molar-refractivity contribution is -0.138. The van der Waals surface area contributed by atoms with Crippen molar-refractivity contribution in [2.24, 2.45) is 0 Å². The van der Waals surface area contributed by atoms with Crippen molar-refractivity contribution in [3.63, 3.8) is 0 Å². The highest BCUT2D eigenvalue weighted by molar-refractivity contribution is 5.93. The van der Waals surface area contributed by atoms with Crippen LogP contribution in [0.25, 0.3) is 0 Å². The van der Waals surface area contributed by atoms with Crippen LogP contribution in [0.4, 0.5) is 17.6 Å². The van der Waals surface area contributed by atoms with Crippen LogP contribution in [0.15, 0.2) is 24.8 Å². The lowest BCUT2D eigenvalue weighted by Gasteiger charge is -2.34. The van der Waals surface area contributed by atoms with Crippen molar-refractivity contribution in [1.29, 1.82) is 0 Å². The third-order valence-corrected chi connectivity index (χ3v) is 4.40. The summed E-state index contributed by atoms with van der Waals surface area (Å²) in [6, 6.07) is 0. The van der Waals surface area contributed by atoms with E-state index in [0.29, 0.717) is 36.2 Å². The number of aromatic nitrogens is 4. The number of piperazine rings is 1. The van der Waals surface area contributed by atoms with E-state index in [9.17, 15) is 9.59 Å². The summed E-state index contributed by atoms with van der Waals surface area (Å²) in [4.78, 5) is 43.7. The average molecular weight is 416 g/mol. The number of anilines is 3. The number of hydrogen-bond acceptors (Lipinski definition) is 10. The summed E-state index contributed by atoms with van der Waals surface area (Å²) in [6.07, 6.45) is 6.08. The van der Waals surface area contributed by atoms with Gasteiger partial charge in [0, 0.05) is 45.1 Å². The number of carboxylic acid groups (broad SMARTS) is 1. The van der Waals surface area contributed by atoms with Gasteiger partial charge in [-0.15, -0.1) is 0 Å². The van der Waals surface area contributed by atoms with Gasteiger partial charge >= 0.3 is 5.97 Å². The number of ether oxygens (including phenoxy) is 1. The first-order valence-corrected chi connectivity index (χ1v) is 9.50. The topological polar surface area (TPSA) is 160 Å². The highest BCUT2D eigenvalue weighted by atomic mass is 16.5. The Kier molecular flexibility index (Phi) is 7.27. The highest BCUT2D eigenvalue weighted by Crippen LogP contribution is 2.15. The largest absolute Gasteiger partial charge is 0.481 e. The molecule has 0 unspecified atom stereocenters. The fourth-order valence-electron chi connectivity index (χ4n) is 2.80. The number of nitrogen functional groups attached to an aromatic ring is 1. The minimum atomic E-state index is -0.920. The summed E-state index contributed by atoms with van der Waals surface area (Å²) in [5.41, 5.74) is 6.50. The molecule has 0 bridgehead atoms. The Morgan fingerprint density at radius 2 is 1.50 bits per heavy atom. The van der Waals surface area contributed by atoms with Crippen molar-refractivity contribution in [2.45, 2.75) is 6.42 Å². The number of nitrogens with one attached hydrogen (secondary N) is 1. The Labute approximate surface area is 173 Å². The van der Waals surface area contributed by atoms with E-state index in [1.54, 1.807) is 12.4 Å². The van der Waals surface area contributed by atoms with Crippen LogP contribution in [0.1, 0.15) is 16.8 Å². The number of hydrogen-bond donors (Lipinski definition) is 3. The van der Waals surface area contributed by atoms with Gasteiger partial charge in [0.1, 0.15) is 0 Å². The van der Waals surface area contributed by atoms with Crippen molar-refractivity contribution >= 4 is 29.5 Å². The molecule has 0 radical (unpaired) electrons. The minimum Gasteiger partial charge on any atom is -0.481 e. The van der Waals surface area contributed by atoms with E-state index >= 15 is 0 Å². The SMILES string of the molecule is Nc1cnc(N2CCN(c3ncc(C(=O)NCCOCCC(=O)O)cn3)CC2)nc1. The lowest BCUT2D eigenvalue weighted by atomic mass is 10.3. The summed E-state index contributed by atoms with van der Waals surface area (Å²) in [6.45, 7) is 3.46. The van der Waals surface area contributed by atoms with Crippen molar-refractivity contribution in [3.05, 3.63) is 30.4 Å². The zero-order chi connectivity index (χ0) is 21.3. The van der Waals surface area contributed by atoms with Crippen molar-refractivity contribution in [3.8, 4) is 0 Å². The maximum absolute atomic E-state index is 12.1. The number of nitrogens with two attached hydrogens (primary N) is 1. The number of aliphatic carboxylic acids is 1. The molecule has 1 saturated heterocycles. The van der Waals surface area contributed by atoms with Gasteiger partial charge < -0.3 is 30.7 Å². The van der Waals surface area contributed by atoms with Gasteiger partial charge in [0.15, 0.2) is 0 Å². The fraction of sp³-hybridized carbons (Fsp3) is 0.444. The molecule has 3 rings (SSSR count). The van der Waals surface area contributed by atoms with Crippen LogP contribution in [-0.4, -0.2) is 82.9 Å². The van der Waals surface area contributed by atoms with Crippen LogP contribution in [0.3, 0.4) is 0 Å². The monoisotopic (exact) mass is 416 g/mol. The number of nitrogens with zero attached hydrogens (tertiary/aromatic N) is 6. The molecule has 1 aliphatic heterocycles. The van der Waals surface area contributed by atoms with E-state index in [-0.39, 0.29) is 32.1 Å². The van der Waals surface area contributed by atoms with Crippen molar-refractivity contribution in [2.75, 3.05) is 61.5 Å². The lowest BCUT2D eigenvalue weighted by Crippen LogP contribution is -2.47. The number of carbonyl (C=O) groups excluding carboxylic acids is 1. The van der Waals surface area contributed by atoms with Gasteiger partial charge in [-0.2, -0.15) is 0 Å². The van der Waals surface area contributed by atoms with Crippen LogP contribution in [0.2, 0.25) is 0 Å². The molecular formula is C18H24N8O4. The van der Waals surface area contributed by atoms with E-state index in [4.69, 9.17) is 15.6 Å². The molecule has 160 valence electrons. The summed E-state index contributed by atoms with van der Waals surface area (Å²) in [7, 11) is 0. The van der Waals surface area contributed by atoms with Crippen LogP contribution in [0.5, 0.6) is 0 Å². The van der Waals surface area contributed by atoms with E-state index in [1.807, 2.05) is 4.90 Å². The number of carboxylic acids is 1. The number of rotatable bonds is 9. The highest BCUT2D eigenvalue weighted by Gasteiger charge is 2.21. The molecule has 12 heteroatoms. The Bertz CT molecular complexity index is 838. The van der Waals surface area contributed by atoms with Gasteiger partial charge in [-0.25, -0.2) is 19.9 Å². The Hall–Kier alpha value is -3.54. The molecular weight excluding hydrogens is 392 g/mol. The zero-order valence-corrected chi connectivity index (χ0v) is 16.4. The predicted molar refractivity (Wildman–Crippen MR) is 108 cm³/mol. The van der Waals surface area contributed by atoms with Crippen LogP contribution < -0.4 is 20.9 Å². The average Bonchev–Trinajstić information content (AvgIpc) is 2.76. The normalized spacial score (nSPS) is 13.9. The maximum atomic E-state index is 12.1. The van der Waals surface area contributed by atoms with E-state index in [2.05, 4.69) is 30.2 Å². The second-order valence-electron chi connectivity index (χ2n) is 6.57. The first-order chi connectivity index (χ1) is 14.5. The summed E-state index contributed by atoms with van der Waals surface area (Å²) < 4.78 is 5.12. The molecule has 0 aromatic carbocycles. The Morgan fingerprint density at radius 1 is 0.967 bits per heavy atom. The molecule has 0 saturated carbocycles. The van der Waals surface area contributed by atoms with Crippen LogP contribution in [0, 0.1) is 0 Å². The van der Waals surface area contributed by atoms with E-state index in [0.717, 1.165) is 13.1 Å². The fourth-order valence-corrected chi connectivity index (χ4v) is 2.80. The second-order valence-corrected chi connectivity index (χ2v) is 6.57. The standard InChI is InChI=1S/C18H24N8O4/c19-14-11-23-18(24-12-14)26-5-3-25(4-6-26)17-21-9-13(10-22-17)16(29)20-2-8-30-7-1-15(27)28/h9-12H,1-8,19H2,(H,20,29)(H,27,28). The minimum absolute atomic E-state index is 0.0650. The second kappa shape index (κ2) is 10.3. The van der Waals surface area contributed by atoms with E-state index in [1.165, 1.54) is 12.4 Å². The smallest absolute Gasteiger partial charge is 0.305 e. The molecule has 0 spiro atoms. The molecule has 0 aliphatic carbocycles. The third kappa shape index (κ3) is 5.98. The molecule has 1 fully saturated rings. The van der Waals surface area contributed by atoms with Gasteiger partial charge in [0.2, 0.25) is 11.9 Å². The predicted octanol–water partition coefficient (Wildman–Crippen LogP) is -0.603. The zero-order valence-electron chi connectivity index (χ0n) is 16.4. The molecule has 3 heterocycles. The van der Waals surface area contributed by atoms with Gasteiger partial charge in [-0.3, -0.25) is 9.59 Å². The van der Waals surface area contributed by atoms with Gasteiger partial charge in [-0.05, 0) is 0 Å². The van der Waals surface area contributed by atoms with Gasteiger partial charge in [0.25, 0.3) is 5.91 Å². The molecule has 1 amide bonds. The molecule has 4 N–H and O–H groups in total. The quantitative estimate of drug-likeness (QED) is 0.448. The maximum Gasteiger partial charge on any atom is 0.305 e.